The first kappa shape index (κ1) is 14.1. The van der Waals surface area contributed by atoms with Gasteiger partial charge < -0.3 is 15.0 Å². The highest BCUT2D eigenvalue weighted by molar-refractivity contribution is 5.50. The number of aromatic nitrogens is 2. The molecule has 5 nitrogen and oxygen atoms in total. The van der Waals surface area contributed by atoms with Gasteiger partial charge in [-0.1, -0.05) is 6.92 Å². The Kier molecular flexibility index (Phi) is 4.24. The molecular weight excluding hydrogens is 240 g/mol. The third kappa shape index (κ3) is 3.80. The van der Waals surface area contributed by atoms with Gasteiger partial charge in [0.2, 0.25) is 0 Å². The Morgan fingerprint density at radius 1 is 1.42 bits per heavy atom. The first-order chi connectivity index (χ1) is 9.00. The maximum Gasteiger partial charge on any atom is 0.134 e. The van der Waals surface area contributed by atoms with Crippen molar-refractivity contribution in [1.82, 2.24) is 9.97 Å². The van der Waals surface area contributed by atoms with Crippen LogP contribution in [0.2, 0.25) is 0 Å². The minimum Gasteiger partial charge on any atom is -0.372 e. The van der Waals surface area contributed by atoms with Crippen molar-refractivity contribution in [3.05, 3.63) is 11.9 Å². The van der Waals surface area contributed by atoms with E-state index in [-0.39, 0.29) is 5.60 Å². The highest BCUT2D eigenvalue weighted by Crippen LogP contribution is 2.23. The summed E-state index contributed by atoms with van der Waals surface area (Å²) in [5.74, 6) is 2.71. The quantitative estimate of drug-likeness (QED) is 0.903. The van der Waals surface area contributed by atoms with Crippen LogP contribution in [-0.2, 0) is 4.74 Å². The first-order valence-corrected chi connectivity index (χ1v) is 6.98. The molecule has 2 heterocycles. The predicted molar refractivity (Wildman–Crippen MR) is 77.8 cm³/mol. The topological polar surface area (TPSA) is 50.3 Å². The minimum atomic E-state index is -0.117. The van der Waals surface area contributed by atoms with Gasteiger partial charge >= 0.3 is 0 Å². The highest BCUT2D eigenvalue weighted by Gasteiger charge is 2.28. The van der Waals surface area contributed by atoms with Gasteiger partial charge in [0.1, 0.15) is 17.5 Å². The van der Waals surface area contributed by atoms with E-state index in [0.717, 1.165) is 50.1 Å². The van der Waals surface area contributed by atoms with Crippen molar-refractivity contribution in [3.8, 4) is 0 Å². The summed E-state index contributed by atoms with van der Waals surface area (Å²) in [5.41, 5.74) is -0.117. The average molecular weight is 264 g/mol. The number of anilines is 2. The van der Waals surface area contributed by atoms with Crippen molar-refractivity contribution >= 4 is 11.6 Å². The molecule has 1 aromatic heterocycles. The molecule has 0 atom stereocenters. The zero-order valence-electron chi connectivity index (χ0n) is 12.4. The zero-order chi connectivity index (χ0) is 13.9. The van der Waals surface area contributed by atoms with Crippen LogP contribution in [0, 0.1) is 6.92 Å². The number of rotatable bonds is 4. The summed E-state index contributed by atoms with van der Waals surface area (Å²) >= 11 is 0. The number of morpholine rings is 1. The lowest BCUT2D eigenvalue weighted by atomic mass is 10.1. The average Bonchev–Trinajstić information content (AvgIpc) is 2.34. The van der Waals surface area contributed by atoms with Crippen molar-refractivity contribution in [2.75, 3.05) is 36.5 Å². The number of hydrogen-bond donors (Lipinski definition) is 1. The summed E-state index contributed by atoms with van der Waals surface area (Å²) in [4.78, 5) is 11.2. The summed E-state index contributed by atoms with van der Waals surface area (Å²) in [7, 11) is 0. The number of ether oxygens (including phenoxy) is 1. The van der Waals surface area contributed by atoms with Crippen LogP contribution < -0.4 is 10.2 Å². The molecule has 1 saturated heterocycles. The molecule has 1 aromatic rings. The Bertz CT molecular complexity index is 433. The molecule has 1 N–H and O–H groups in total. The molecule has 0 amide bonds. The van der Waals surface area contributed by atoms with Gasteiger partial charge in [0.25, 0.3) is 0 Å². The van der Waals surface area contributed by atoms with E-state index in [2.05, 4.69) is 41.0 Å². The van der Waals surface area contributed by atoms with E-state index < -0.39 is 0 Å². The highest BCUT2D eigenvalue weighted by atomic mass is 16.5. The molecule has 19 heavy (non-hydrogen) atoms. The lowest BCUT2D eigenvalue weighted by Gasteiger charge is -2.38. The third-order valence-electron chi connectivity index (χ3n) is 3.13. The number of hydrogen-bond acceptors (Lipinski definition) is 5. The normalized spacial score (nSPS) is 18.4. The van der Waals surface area contributed by atoms with E-state index in [0.29, 0.717) is 0 Å². The zero-order valence-corrected chi connectivity index (χ0v) is 12.4. The Morgan fingerprint density at radius 3 is 2.89 bits per heavy atom. The standard InChI is InChI=1S/C14H24N4O/c1-5-6-15-12-9-13(17-11(2)16-12)18-7-8-19-14(3,4)10-18/h9H,5-8,10H2,1-4H3,(H,15,16,17). The Balaban J connectivity index is 2.16. The van der Waals surface area contributed by atoms with Gasteiger partial charge in [-0.3, -0.25) is 0 Å². The molecule has 2 rings (SSSR count). The summed E-state index contributed by atoms with van der Waals surface area (Å²) < 4.78 is 5.74. The molecule has 0 bridgehead atoms. The van der Waals surface area contributed by atoms with Crippen LogP contribution in [0.15, 0.2) is 6.07 Å². The van der Waals surface area contributed by atoms with Gasteiger partial charge in [-0.15, -0.1) is 0 Å². The largest absolute Gasteiger partial charge is 0.372 e. The second-order valence-corrected chi connectivity index (χ2v) is 5.62. The number of nitrogens with one attached hydrogen (secondary N) is 1. The molecule has 0 aliphatic carbocycles. The Hall–Kier alpha value is -1.36. The molecule has 0 aromatic carbocycles. The number of aryl methyl sites for hydroxylation is 1. The molecule has 5 heteroatoms. The molecule has 0 unspecified atom stereocenters. The van der Waals surface area contributed by atoms with Crippen molar-refractivity contribution in [2.45, 2.75) is 39.7 Å². The predicted octanol–water partition coefficient (Wildman–Crippen LogP) is 2.22. The van der Waals surface area contributed by atoms with E-state index in [1.807, 2.05) is 13.0 Å². The fraction of sp³-hybridized carbons (Fsp3) is 0.714. The lowest BCUT2D eigenvalue weighted by molar-refractivity contribution is -0.0279. The number of nitrogens with zero attached hydrogens (tertiary/aromatic N) is 3. The van der Waals surface area contributed by atoms with Crippen LogP contribution in [0.5, 0.6) is 0 Å². The van der Waals surface area contributed by atoms with Crippen LogP contribution >= 0.6 is 0 Å². The molecule has 0 spiro atoms. The van der Waals surface area contributed by atoms with Crippen molar-refractivity contribution in [1.29, 1.82) is 0 Å². The van der Waals surface area contributed by atoms with Gasteiger partial charge in [-0.2, -0.15) is 0 Å². The summed E-state index contributed by atoms with van der Waals surface area (Å²) in [6.07, 6.45) is 1.09. The van der Waals surface area contributed by atoms with Gasteiger partial charge in [-0.05, 0) is 27.2 Å². The van der Waals surface area contributed by atoms with E-state index in [4.69, 9.17) is 4.74 Å². The smallest absolute Gasteiger partial charge is 0.134 e. The molecule has 1 aliphatic rings. The minimum absolute atomic E-state index is 0.117. The van der Waals surface area contributed by atoms with Crippen molar-refractivity contribution in [3.63, 3.8) is 0 Å². The van der Waals surface area contributed by atoms with Gasteiger partial charge in [0, 0.05) is 25.7 Å². The van der Waals surface area contributed by atoms with Crippen LogP contribution in [0.4, 0.5) is 11.6 Å². The maximum atomic E-state index is 5.74. The Labute approximate surface area is 115 Å². The summed E-state index contributed by atoms with van der Waals surface area (Å²) in [6, 6.07) is 2.03. The van der Waals surface area contributed by atoms with E-state index in [1.54, 1.807) is 0 Å². The van der Waals surface area contributed by atoms with Gasteiger partial charge in [0.15, 0.2) is 0 Å². The van der Waals surface area contributed by atoms with Crippen molar-refractivity contribution in [2.24, 2.45) is 0 Å². The molecule has 106 valence electrons. The molecule has 1 aliphatic heterocycles. The SMILES string of the molecule is CCCNc1cc(N2CCOC(C)(C)C2)nc(C)n1. The summed E-state index contributed by atoms with van der Waals surface area (Å²) in [6.45, 7) is 11.7. The van der Waals surface area contributed by atoms with Crippen LogP contribution in [-0.4, -0.2) is 41.8 Å². The van der Waals surface area contributed by atoms with E-state index in [1.165, 1.54) is 0 Å². The van der Waals surface area contributed by atoms with Crippen LogP contribution in [0.25, 0.3) is 0 Å². The van der Waals surface area contributed by atoms with E-state index >= 15 is 0 Å². The summed E-state index contributed by atoms with van der Waals surface area (Å²) in [5, 5.41) is 3.33. The maximum absolute atomic E-state index is 5.74. The van der Waals surface area contributed by atoms with Gasteiger partial charge in [-0.25, -0.2) is 9.97 Å². The Morgan fingerprint density at radius 2 is 2.21 bits per heavy atom. The third-order valence-corrected chi connectivity index (χ3v) is 3.13. The molecule has 0 radical (unpaired) electrons. The molecule has 0 saturated carbocycles. The van der Waals surface area contributed by atoms with Crippen molar-refractivity contribution < 1.29 is 4.74 Å². The van der Waals surface area contributed by atoms with Crippen LogP contribution in [0.1, 0.15) is 33.0 Å². The van der Waals surface area contributed by atoms with Gasteiger partial charge in [0.05, 0.1) is 12.2 Å². The monoisotopic (exact) mass is 264 g/mol. The lowest BCUT2D eigenvalue weighted by Crippen LogP contribution is -2.48. The fourth-order valence-corrected chi connectivity index (χ4v) is 2.27. The first-order valence-electron chi connectivity index (χ1n) is 6.98. The second kappa shape index (κ2) is 5.74. The molecule has 1 fully saturated rings. The van der Waals surface area contributed by atoms with E-state index in [9.17, 15) is 0 Å². The van der Waals surface area contributed by atoms with Crippen LogP contribution in [0.3, 0.4) is 0 Å². The second-order valence-electron chi connectivity index (χ2n) is 5.62. The molecular formula is C14H24N4O. The fourth-order valence-electron chi connectivity index (χ4n) is 2.27.